The van der Waals surface area contributed by atoms with Crippen LogP contribution in [0, 0.1) is 5.82 Å². The minimum Gasteiger partial charge on any atom is -0.444 e. The van der Waals surface area contributed by atoms with Gasteiger partial charge in [-0.05, 0) is 38.5 Å². The standard InChI is InChI=1S/C12H15BrFNO2/c1-12(2,3)17-11(16)15-9-5-4-8(7-13)10(14)6-9/h4-6H,7H2,1-3H3,(H,15,16). The molecule has 94 valence electrons. The molecule has 0 saturated heterocycles. The Morgan fingerprint density at radius 3 is 2.59 bits per heavy atom. The normalized spacial score (nSPS) is 11.1. The van der Waals surface area contributed by atoms with Crippen LogP contribution in [-0.2, 0) is 10.1 Å². The van der Waals surface area contributed by atoms with Crippen molar-refractivity contribution >= 4 is 27.7 Å². The Morgan fingerprint density at radius 2 is 2.12 bits per heavy atom. The van der Waals surface area contributed by atoms with Crippen LogP contribution in [0.25, 0.3) is 0 Å². The number of anilines is 1. The fourth-order valence-corrected chi connectivity index (χ4v) is 1.61. The van der Waals surface area contributed by atoms with Crippen molar-refractivity contribution in [2.24, 2.45) is 0 Å². The molecule has 0 unspecified atom stereocenters. The van der Waals surface area contributed by atoms with E-state index in [2.05, 4.69) is 21.2 Å². The van der Waals surface area contributed by atoms with E-state index in [4.69, 9.17) is 4.74 Å². The second-order valence-electron chi connectivity index (χ2n) is 4.57. The van der Waals surface area contributed by atoms with Gasteiger partial charge >= 0.3 is 6.09 Å². The highest BCUT2D eigenvalue weighted by molar-refractivity contribution is 9.08. The van der Waals surface area contributed by atoms with Crippen LogP contribution in [0.1, 0.15) is 26.3 Å². The number of hydrogen-bond donors (Lipinski definition) is 1. The summed E-state index contributed by atoms with van der Waals surface area (Å²) in [4.78, 5) is 11.4. The van der Waals surface area contributed by atoms with Crippen molar-refractivity contribution in [3.63, 3.8) is 0 Å². The molecule has 0 bridgehead atoms. The molecule has 17 heavy (non-hydrogen) atoms. The lowest BCUT2D eigenvalue weighted by Crippen LogP contribution is -2.27. The van der Waals surface area contributed by atoms with E-state index in [0.29, 0.717) is 16.6 Å². The topological polar surface area (TPSA) is 38.3 Å². The summed E-state index contributed by atoms with van der Waals surface area (Å²) in [5.74, 6) is -0.365. The Morgan fingerprint density at radius 1 is 1.47 bits per heavy atom. The van der Waals surface area contributed by atoms with E-state index in [-0.39, 0.29) is 5.82 Å². The molecule has 0 aromatic heterocycles. The molecule has 3 nitrogen and oxygen atoms in total. The summed E-state index contributed by atoms with van der Waals surface area (Å²) >= 11 is 3.17. The van der Waals surface area contributed by atoms with Gasteiger partial charge in [-0.3, -0.25) is 5.32 Å². The summed E-state index contributed by atoms with van der Waals surface area (Å²) in [6.07, 6.45) is -0.594. The van der Waals surface area contributed by atoms with E-state index >= 15 is 0 Å². The van der Waals surface area contributed by atoms with Crippen molar-refractivity contribution < 1.29 is 13.9 Å². The molecule has 1 N–H and O–H groups in total. The fourth-order valence-electron chi connectivity index (χ4n) is 1.15. The van der Waals surface area contributed by atoms with E-state index in [1.807, 2.05) is 0 Å². The van der Waals surface area contributed by atoms with E-state index in [1.165, 1.54) is 6.07 Å². The van der Waals surface area contributed by atoms with Crippen LogP contribution in [0.2, 0.25) is 0 Å². The van der Waals surface area contributed by atoms with Crippen molar-refractivity contribution in [2.75, 3.05) is 5.32 Å². The molecular formula is C12H15BrFNO2. The number of benzene rings is 1. The van der Waals surface area contributed by atoms with Crippen molar-refractivity contribution in [3.05, 3.63) is 29.6 Å². The van der Waals surface area contributed by atoms with Crippen molar-refractivity contribution in [1.82, 2.24) is 0 Å². The summed E-state index contributed by atoms with van der Waals surface area (Å²) in [5.41, 5.74) is 0.347. The maximum Gasteiger partial charge on any atom is 0.412 e. The van der Waals surface area contributed by atoms with Gasteiger partial charge in [0.2, 0.25) is 0 Å². The van der Waals surface area contributed by atoms with Crippen molar-refractivity contribution in [3.8, 4) is 0 Å². The number of carbonyl (C=O) groups is 1. The first-order valence-corrected chi connectivity index (χ1v) is 6.28. The van der Waals surface area contributed by atoms with Crippen LogP contribution in [0.3, 0.4) is 0 Å². The molecule has 5 heteroatoms. The van der Waals surface area contributed by atoms with E-state index in [0.717, 1.165) is 0 Å². The van der Waals surface area contributed by atoms with Gasteiger partial charge in [0.25, 0.3) is 0 Å². The molecule has 0 atom stereocenters. The maximum absolute atomic E-state index is 13.4. The van der Waals surface area contributed by atoms with Crippen LogP contribution in [0.4, 0.5) is 14.9 Å². The smallest absolute Gasteiger partial charge is 0.412 e. The second-order valence-corrected chi connectivity index (χ2v) is 5.13. The molecule has 0 saturated carbocycles. The lowest BCUT2D eigenvalue weighted by atomic mass is 10.2. The monoisotopic (exact) mass is 303 g/mol. The second kappa shape index (κ2) is 5.49. The number of hydrogen-bond acceptors (Lipinski definition) is 2. The van der Waals surface area contributed by atoms with Crippen LogP contribution >= 0.6 is 15.9 Å². The quantitative estimate of drug-likeness (QED) is 0.837. The zero-order chi connectivity index (χ0) is 13.1. The Bertz CT molecular complexity index is 415. The van der Waals surface area contributed by atoms with Crippen LogP contribution in [-0.4, -0.2) is 11.7 Å². The van der Waals surface area contributed by atoms with Gasteiger partial charge in [-0.25, -0.2) is 9.18 Å². The molecule has 1 aromatic rings. The largest absolute Gasteiger partial charge is 0.444 e. The van der Waals surface area contributed by atoms with Gasteiger partial charge in [0, 0.05) is 11.0 Å². The molecule has 0 aliphatic rings. The third kappa shape index (κ3) is 4.73. The van der Waals surface area contributed by atoms with Gasteiger partial charge in [-0.1, -0.05) is 22.0 Å². The number of nitrogens with one attached hydrogen (secondary N) is 1. The number of amides is 1. The summed E-state index contributed by atoms with van der Waals surface area (Å²) < 4.78 is 18.5. The summed E-state index contributed by atoms with van der Waals surface area (Å²) in [5, 5.41) is 2.91. The molecular weight excluding hydrogens is 289 g/mol. The number of rotatable bonds is 2. The summed E-state index contributed by atoms with van der Waals surface area (Å²) in [6.45, 7) is 5.29. The Hall–Kier alpha value is -1.10. The molecule has 0 heterocycles. The first-order valence-electron chi connectivity index (χ1n) is 5.16. The first-order chi connectivity index (χ1) is 7.81. The average molecular weight is 304 g/mol. The number of carbonyl (C=O) groups excluding carboxylic acids is 1. The third-order valence-electron chi connectivity index (χ3n) is 1.84. The van der Waals surface area contributed by atoms with Gasteiger partial charge in [0.15, 0.2) is 0 Å². The Labute approximate surface area is 108 Å². The van der Waals surface area contributed by atoms with Crippen molar-refractivity contribution in [1.29, 1.82) is 0 Å². The number of alkyl halides is 1. The molecule has 1 aromatic carbocycles. The SMILES string of the molecule is CC(C)(C)OC(=O)Nc1ccc(CBr)c(F)c1. The molecule has 0 aliphatic carbocycles. The molecule has 0 aliphatic heterocycles. The predicted molar refractivity (Wildman–Crippen MR) is 68.9 cm³/mol. The van der Waals surface area contributed by atoms with Gasteiger partial charge < -0.3 is 4.74 Å². The lowest BCUT2D eigenvalue weighted by molar-refractivity contribution is 0.0636. The highest BCUT2D eigenvalue weighted by atomic mass is 79.9. The zero-order valence-corrected chi connectivity index (χ0v) is 11.6. The molecule has 0 fully saturated rings. The minimum absolute atomic E-state index is 0.365. The van der Waals surface area contributed by atoms with Gasteiger partial charge in [-0.2, -0.15) is 0 Å². The molecule has 0 spiro atoms. The molecule has 0 radical (unpaired) electrons. The number of halogens is 2. The van der Waals surface area contributed by atoms with Crippen LogP contribution < -0.4 is 5.32 Å². The van der Waals surface area contributed by atoms with E-state index in [1.54, 1.807) is 32.9 Å². The molecule has 1 amide bonds. The zero-order valence-electron chi connectivity index (χ0n) is 10.0. The number of ether oxygens (including phenoxy) is 1. The fraction of sp³-hybridized carbons (Fsp3) is 0.417. The highest BCUT2D eigenvalue weighted by Crippen LogP contribution is 2.17. The van der Waals surface area contributed by atoms with Crippen LogP contribution in [0.5, 0.6) is 0 Å². The maximum atomic E-state index is 13.4. The van der Waals surface area contributed by atoms with Crippen LogP contribution in [0.15, 0.2) is 18.2 Å². The Balaban J connectivity index is 2.69. The highest BCUT2D eigenvalue weighted by Gasteiger charge is 2.16. The first kappa shape index (κ1) is 14.0. The summed E-state index contributed by atoms with van der Waals surface area (Å²) in [7, 11) is 0. The van der Waals surface area contributed by atoms with E-state index < -0.39 is 11.7 Å². The van der Waals surface area contributed by atoms with Gasteiger partial charge in [0.1, 0.15) is 11.4 Å². The lowest BCUT2D eigenvalue weighted by Gasteiger charge is -2.19. The Kier molecular flexibility index (Phi) is 4.51. The van der Waals surface area contributed by atoms with E-state index in [9.17, 15) is 9.18 Å². The third-order valence-corrected chi connectivity index (χ3v) is 2.45. The minimum atomic E-state index is -0.594. The average Bonchev–Trinajstić information content (AvgIpc) is 2.14. The van der Waals surface area contributed by atoms with Gasteiger partial charge in [-0.15, -0.1) is 0 Å². The molecule has 1 rings (SSSR count). The predicted octanol–water partition coefficient (Wildman–Crippen LogP) is 4.07. The summed E-state index contributed by atoms with van der Waals surface area (Å²) in [6, 6.07) is 4.50. The van der Waals surface area contributed by atoms with Gasteiger partial charge in [0.05, 0.1) is 0 Å². The van der Waals surface area contributed by atoms with Crippen molar-refractivity contribution in [2.45, 2.75) is 31.7 Å².